The lowest BCUT2D eigenvalue weighted by Crippen LogP contribution is -1.93. The van der Waals surface area contributed by atoms with Gasteiger partial charge in [-0.05, 0) is 6.92 Å². The van der Waals surface area contributed by atoms with Gasteiger partial charge in [0.05, 0.1) is 5.76 Å². The Labute approximate surface area is 60.0 Å². The van der Waals surface area contributed by atoms with Crippen molar-refractivity contribution in [3.05, 3.63) is 11.3 Å². The minimum absolute atomic E-state index is 0.120. The standard InChI is InChI=1S/C6H10O2S/c1-3-5(7)4(2)6(8)9/h7H,3H2,1-2H3,(H,8,9)/b5-4+. The van der Waals surface area contributed by atoms with Crippen LogP contribution in [0, 0.1) is 0 Å². The molecule has 3 heteroatoms. The van der Waals surface area contributed by atoms with Crippen LogP contribution >= 0.6 is 12.6 Å². The van der Waals surface area contributed by atoms with Crippen LogP contribution in [0.5, 0.6) is 0 Å². The molecular formula is C6H10O2S. The Morgan fingerprint density at radius 3 is 2.22 bits per heavy atom. The highest BCUT2D eigenvalue weighted by Gasteiger charge is 2.02. The van der Waals surface area contributed by atoms with Gasteiger partial charge in [-0.2, -0.15) is 0 Å². The molecule has 2 nitrogen and oxygen atoms in total. The summed E-state index contributed by atoms with van der Waals surface area (Å²) in [7, 11) is 0. The van der Waals surface area contributed by atoms with Crippen molar-refractivity contribution in [3.63, 3.8) is 0 Å². The summed E-state index contributed by atoms with van der Waals surface area (Å²) in [5.74, 6) is 0.120. The molecule has 0 aliphatic heterocycles. The van der Waals surface area contributed by atoms with E-state index in [1.807, 2.05) is 0 Å². The maximum Gasteiger partial charge on any atom is 0.215 e. The molecule has 0 saturated heterocycles. The number of hydrogen-bond acceptors (Lipinski definition) is 2. The van der Waals surface area contributed by atoms with Gasteiger partial charge in [-0.3, -0.25) is 4.79 Å². The minimum atomic E-state index is -0.366. The molecule has 9 heavy (non-hydrogen) atoms. The van der Waals surface area contributed by atoms with Crippen molar-refractivity contribution in [3.8, 4) is 0 Å². The molecule has 0 fully saturated rings. The second-order valence-electron chi connectivity index (χ2n) is 1.73. The van der Waals surface area contributed by atoms with Crippen LogP contribution in [0.25, 0.3) is 0 Å². The van der Waals surface area contributed by atoms with Crippen molar-refractivity contribution in [1.29, 1.82) is 0 Å². The number of allylic oxidation sites excluding steroid dienone is 1. The van der Waals surface area contributed by atoms with Gasteiger partial charge in [-0.15, -0.1) is 12.6 Å². The zero-order valence-electron chi connectivity index (χ0n) is 5.51. The van der Waals surface area contributed by atoms with Gasteiger partial charge in [0, 0.05) is 12.0 Å². The van der Waals surface area contributed by atoms with Gasteiger partial charge in [-0.1, -0.05) is 6.92 Å². The Morgan fingerprint density at radius 1 is 1.67 bits per heavy atom. The summed E-state index contributed by atoms with van der Waals surface area (Å²) < 4.78 is 0. The van der Waals surface area contributed by atoms with Crippen LogP contribution in [-0.4, -0.2) is 10.2 Å². The SMILES string of the molecule is CC/C(O)=C(/C)C(=O)S. The normalized spacial score (nSPS) is 12.8. The fourth-order valence-corrected chi connectivity index (χ4v) is 0.518. The molecule has 0 saturated carbocycles. The molecule has 0 bridgehead atoms. The molecule has 0 rings (SSSR count). The van der Waals surface area contributed by atoms with Gasteiger partial charge >= 0.3 is 0 Å². The van der Waals surface area contributed by atoms with E-state index in [0.717, 1.165) is 0 Å². The predicted molar refractivity (Wildman–Crippen MR) is 39.6 cm³/mol. The molecule has 0 unspecified atom stereocenters. The molecule has 0 atom stereocenters. The topological polar surface area (TPSA) is 37.3 Å². The third kappa shape index (κ3) is 2.56. The molecule has 0 spiro atoms. The lowest BCUT2D eigenvalue weighted by atomic mass is 10.2. The number of hydrogen-bond donors (Lipinski definition) is 2. The van der Waals surface area contributed by atoms with E-state index in [9.17, 15) is 4.79 Å². The Morgan fingerprint density at radius 2 is 2.11 bits per heavy atom. The highest BCUT2D eigenvalue weighted by molar-refractivity contribution is 7.97. The molecule has 0 aromatic carbocycles. The average molecular weight is 146 g/mol. The first-order valence-corrected chi connectivity index (χ1v) is 3.16. The monoisotopic (exact) mass is 146 g/mol. The van der Waals surface area contributed by atoms with Crippen molar-refractivity contribution in [2.75, 3.05) is 0 Å². The van der Waals surface area contributed by atoms with Crippen LogP contribution in [-0.2, 0) is 4.79 Å². The van der Waals surface area contributed by atoms with E-state index < -0.39 is 0 Å². The summed E-state index contributed by atoms with van der Waals surface area (Å²) >= 11 is 3.53. The molecule has 0 radical (unpaired) electrons. The van der Waals surface area contributed by atoms with Gasteiger partial charge in [0.25, 0.3) is 0 Å². The van der Waals surface area contributed by atoms with Gasteiger partial charge in [0.15, 0.2) is 0 Å². The zero-order valence-corrected chi connectivity index (χ0v) is 6.40. The van der Waals surface area contributed by atoms with Crippen molar-refractivity contribution < 1.29 is 9.90 Å². The maximum atomic E-state index is 10.4. The highest BCUT2D eigenvalue weighted by Crippen LogP contribution is 2.06. The molecule has 0 aliphatic rings. The van der Waals surface area contributed by atoms with Gasteiger partial charge in [0.1, 0.15) is 0 Å². The molecule has 0 heterocycles. The van der Waals surface area contributed by atoms with Crippen molar-refractivity contribution in [1.82, 2.24) is 0 Å². The lowest BCUT2D eigenvalue weighted by molar-refractivity contribution is -0.107. The van der Waals surface area contributed by atoms with E-state index in [2.05, 4.69) is 12.6 Å². The van der Waals surface area contributed by atoms with E-state index in [1.54, 1.807) is 13.8 Å². The van der Waals surface area contributed by atoms with Gasteiger partial charge in [0.2, 0.25) is 5.12 Å². The molecule has 0 aromatic rings. The third-order valence-corrected chi connectivity index (χ3v) is 1.42. The van der Waals surface area contributed by atoms with Crippen molar-refractivity contribution in [2.45, 2.75) is 20.3 Å². The Balaban J connectivity index is 4.28. The second-order valence-corrected chi connectivity index (χ2v) is 2.14. The molecule has 1 N–H and O–H groups in total. The summed E-state index contributed by atoms with van der Waals surface area (Å²) in [6.45, 7) is 3.32. The first-order chi connectivity index (χ1) is 4.09. The molecule has 52 valence electrons. The second kappa shape index (κ2) is 3.56. The minimum Gasteiger partial charge on any atom is -0.512 e. The van der Waals surface area contributed by atoms with Gasteiger partial charge in [-0.25, -0.2) is 0 Å². The first kappa shape index (κ1) is 8.56. The fourth-order valence-electron chi connectivity index (χ4n) is 0.389. The number of aliphatic hydroxyl groups excluding tert-OH is 1. The maximum absolute atomic E-state index is 10.4. The summed E-state index contributed by atoms with van der Waals surface area (Å²) in [6, 6.07) is 0. The molecular weight excluding hydrogens is 136 g/mol. The van der Waals surface area contributed by atoms with Crippen LogP contribution in [0.4, 0.5) is 0 Å². The number of thiol groups is 1. The first-order valence-electron chi connectivity index (χ1n) is 2.71. The number of rotatable bonds is 2. The van der Waals surface area contributed by atoms with Crippen molar-refractivity contribution in [2.24, 2.45) is 0 Å². The summed E-state index contributed by atoms with van der Waals surface area (Å²) in [5.41, 5.74) is 0.334. The van der Waals surface area contributed by atoms with E-state index in [0.29, 0.717) is 12.0 Å². The smallest absolute Gasteiger partial charge is 0.215 e. The number of aliphatic hydroxyl groups is 1. The van der Waals surface area contributed by atoms with Crippen LogP contribution in [0.2, 0.25) is 0 Å². The lowest BCUT2D eigenvalue weighted by Gasteiger charge is -1.96. The number of carbonyl (C=O) groups excluding carboxylic acids is 1. The zero-order chi connectivity index (χ0) is 7.44. The van der Waals surface area contributed by atoms with E-state index in [1.165, 1.54) is 0 Å². The quantitative estimate of drug-likeness (QED) is 0.353. The predicted octanol–water partition coefficient (Wildman–Crippen LogP) is 1.68. The summed E-state index contributed by atoms with van der Waals surface area (Å²) in [4.78, 5) is 10.4. The largest absolute Gasteiger partial charge is 0.512 e. The van der Waals surface area contributed by atoms with Gasteiger partial charge < -0.3 is 5.11 Å². The fraction of sp³-hybridized carbons (Fsp3) is 0.500. The van der Waals surface area contributed by atoms with E-state index in [-0.39, 0.29) is 10.9 Å². The Bertz CT molecular complexity index is 149. The van der Waals surface area contributed by atoms with Crippen LogP contribution in [0.15, 0.2) is 11.3 Å². The average Bonchev–Trinajstić information content (AvgIpc) is 1.84. The van der Waals surface area contributed by atoms with Crippen LogP contribution < -0.4 is 0 Å². The third-order valence-electron chi connectivity index (χ3n) is 1.09. The van der Waals surface area contributed by atoms with Crippen LogP contribution in [0.1, 0.15) is 20.3 Å². The molecule has 0 aromatic heterocycles. The Kier molecular flexibility index (Phi) is 3.39. The van der Waals surface area contributed by atoms with Crippen LogP contribution in [0.3, 0.4) is 0 Å². The number of carbonyl (C=O) groups is 1. The van der Waals surface area contributed by atoms with E-state index in [4.69, 9.17) is 5.11 Å². The van der Waals surface area contributed by atoms with Crippen molar-refractivity contribution >= 4 is 17.7 Å². The molecule has 0 amide bonds. The summed E-state index contributed by atoms with van der Waals surface area (Å²) in [6.07, 6.45) is 0.484. The van der Waals surface area contributed by atoms with E-state index >= 15 is 0 Å². The molecule has 0 aliphatic carbocycles. The Hall–Kier alpha value is -0.440. The summed E-state index contributed by atoms with van der Waals surface area (Å²) in [5, 5.41) is 8.54. The highest BCUT2D eigenvalue weighted by atomic mass is 32.1.